The van der Waals surface area contributed by atoms with E-state index < -0.39 is 4.92 Å². The van der Waals surface area contributed by atoms with Gasteiger partial charge in [0.2, 0.25) is 0 Å². The average Bonchev–Trinajstić information content (AvgIpc) is 2.68. The highest BCUT2D eigenvalue weighted by molar-refractivity contribution is 6.05. The van der Waals surface area contributed by atoms with E-state index in [0.29, 0.717) is 17.1 Å². The smallest absolute Gasteiger partial charge is 0.275 e. The second-order valence-corrected chi connectivity index (χ2v) is 5.99. The van der Waals surface area contributed by atoms with Crippen LogP contribution in [-0.4, -0.2) is 17.9 Å². The van der Waals surface area contributed by atoms with Crippen molar-refractivity contribution in [2.24, 2.45) is 0 Å². The highest BCUT2D eigenvalue weighted by Gasteiger charge is 2.15. The van der Waals surface area contributed by atoms with Crippen LogP contribution in [0.1, 0.15) is 15.9 Å². The summed E-state index contributed by atoms with van der Waals surface area (Å²) in [4.78, 5) is 23.3. The zero-order chi connectivity index (χ0) is 20.1. The van der Waals surface area contributed by atoms with Crippen molar-refractivity contribution in [2.75, 3.05) is 12.4 Å². The van der Waals surface area contributed by atoms with Crippen LogP contribution in [-0.2, 0) is 0 Å². The van der Waals surface area contributed by atoms with Crippen LogP contribution in [0.4, 0.5) is 11.4 Å². The molecule has 7 heteroatoms. The van der Waals surface area contributed by atoms with E-state index in [9.17, 15) is 14.9 Å². The molecule has 0 bridgehead atoms. The van der Waals surface area contributed by atoms with Gasteiger partial charge in [-0.3, -0.25) is 14.9 Å². The molecule has 0 unspecified atom stereocenters. The Balaban J connectivity index is 1.93. The van der Waals surface area contributed by atoms with Crippen molar-refractivity contribution in [1.29, 1.82) is 0 Å². The number of carbonyl (C=O) groups excluding carboxylic acids is 1. The van der Waals surface area contributed by atoms with Gasteiger partial charge in [0.1, 0.15) is 5.75 Å². The number of nitrogens with zero attached hydrogens (tertiary/aromatic N) is 1. The minimum atomic E-state index is -0.543. The molecule has 0 fully saturated rings. The summed E-state index contributed by atoms with van der Waals surface area (Å²) >= 11 is 0. The van der Waals surface area contributed by atoms with E-state index in [4.69, 9.17) is 9.47 Å². The van der Waals surface area contributed by atoms with Crippen molar-refractivity contribution in [2.45, 2.75) is 6.92 Å². The molecule has 0 aromatic heterocycles. The zero-order valence-corrected chi connectivity index (χ0v) is 15.3. The molecule has 0 aliphatic rings. The number of amides is 1. The maximum absolute atomic E-state index is 12.5. The van der Waals surface area contributed by atoms with E-state index in [2.05, 4.69) is 5.32 Å². The van der Waals surface area contributed by atoms with E-state index in [1.54, 1.807) is 36.4 Å². The summed E-state index contributed by atoms with van der Waals surface area (Å²) in [6.45, 7) is 1.82. The van der Waals surface area contributed by atoms with E-state index in [1.807, 2.05) is 19.1 Å². The molecule has 0 aliphatic carbocycles. The van der Waals surface area contributed by atoms with Gasteiger partial charge in [0.05, 0.1) is 23.8 Å². The van der Waals surface area contributed by atoms with Crippen molar-refractivity contribution >= 4 is 17.3 Å². The minimum absolute atomic E-state index is 0.201. The van der Waals surface area contributed by atoms with E-state index in [-0.39, 0.29) is 23.0 Å². The number of benzene rings is 3. The molecule has 0 heterocycles. The Kier molecular flexibility index (Phi) is 5.55. The second kappa shape index (κ2) is 8.22. The molecule has 1 amide bonds. The summed E-state index contributed by atoms with van der Waals surface area (Å²) in [5.41, 5.74) is 1.34. The lowest BCUT2D eigenvalue weighted by molar-refractivity contribution is -0.384. The number of aryl methyl sites for hydroxylation is 1. The third-order valence-electron chi connectivity index (χ3n) is 4.05. The van der Waals surface area contributed by atoms with Crippen LogP contribution in [0.2, 0.25) is 0 Å². The van der Waals surface area contributed by atoms with Crippen LogP contribution in [0.25, 0.3) is 0 Å². The van der Waals surface area contributed by atoms with Gasteiger partial charge in [-0.2, -0.15) is 0 Å². The molecular formula is C21H18N2O5. The molecule has 3 aromatic carbocycles. The van der Waals surface area contributed by atoms with Crippen LogP contribution in [0.15, 0.2) is 66.7 Å². The van der Waals surface area contributed by atoms with Crippen molar-refractivity contribution < 1.29 is 19.2 Å². The topological polar surface area (TPSA) is 90.7 Å². The fourth-order valence-electron chi connectivity index (χ4n) is 2.68. The number of para-hydroxylation sites is 2. The third kappa shape index (κ3) is 4.27. The Morgan fingerprint density at radius 1 is 1.00 bits per heavy atom. The number of hydrogen-bond donors (Lipinski definition) is 1. The number of nitro benzene ring substituents is 1. The maximum Gasteiger partial charge on any atom is 0.275 e. The van der Waals surface area contributed by atoms with Crippen LogP contribution in [0.3, 0.4) is 0 Å². The first-order valence-corrected chi connectivity index (χ1v) is 8.45. The molecule has 142 valence electrons. The zero-order valence-electron chi connectivity index (χ0n) is 15.3. The fraction of sp³-hybridized carbons (Fsp3) is 0.0952. The van der Waals surface area contributed by atoms with Crippen LogP contribution in [0.5, 0.6) is 17.2 Å². The van der Waals surface area contributed by atoms with Gasteiger partial charge in [-0.15, -0.1) is 0 Å². The average molecular weight is 378 g/mol. The highest BCUT2D eigenvalue weighted by Crippen LogP contribution is 2.34. The lowest BCUT2D eigenvalue weighted by Crippen LogP contribution is -2.13. The number of rotatable bonds is 6. The quantitative estimate of drug-likeness (QED) is 0.484. The Morgan fingerprint density at radius 2 is 1.68 bits per heavy atom. The lowest BCUT2D eigenvalue weighted by Gasteiger charge is -2.12. The summed E-state index contributed by atoms with van der Waals surface area (Å²) in [5.74, 6) is 0.738. The number of nitro groups is 1. The molecule has 3 aromatic rings. The summed E-state index contributed by atoms with van der Waals surface area (Å²) in [5, 5.41) is 14.0. The van der Waals surface area contributed by atoms with Gasteiger partial charge >= 0.3 is 0 Å². The Hall–Kier alpha value is -3.87. The van der Waals surface area contributed by atoms with Crippen molar-refractivity contribution in [3.05, 3.63) is 88.0 Å². The molecule has 7 nitrogen and oxygen atoms in total. The Morgan fingerprint density at radius 3 is 2.36 bits per heavy atom. The molecule has 1 N–H and O–H groups in total. The lowest BCUT2D eigenvalue weighted by atomic mass is 10.1. The second-order valence-electron chi connectivity index (χ2n) is 5.99. The maximum atomic E-state index is 12.5. The monoisotopic (exact) mass is 378 g/mol. The first-order chi connectivity index (χ1) is 13.5. The summed E-state index contributed by atoms with van der Waals surface area (Å²) in [7, 11) is 1.50. The SMILES string of the molecule is COc1ccccc1Oc1cc(NC(=O)c2ccccc2C)cc([N+](=O)[O-])c1. The number of carbonyl (C=O) groups is 1. The number of hydrogen-bond acceptors (Lipinski definition) is 5. The predicted molar refractivity (Wildman–Crippen MR) is 105 cm³/mol. The van der Waals surface area contributed by atoms with E-state index >= 15 is 0 Å². The molecule has 0 radical (unpaired) electrons. The van der Waals surface area contributed by atoms with E-state index in [1.165, 1.54) is 25.3 Å². The molecule has 0 spiro atoms. The van der Waals surface area contributed by atoms with Gasteiger partial charge in [-0.05, 0) is 30.7 Å². The van der Waals surface area contributed by atoms with Crippen molar-refractivity contribution in [1.82, 2.24) is 0 Å². The number of methoxy groups -OCH3 is 1. The fourth-order valence-corrected chi connectivity index (χ4v) is 2.68. The Bertz CT molecular complexity index is 1030. The van der Waals surface area contributed by atoms with Crippen molar-refractivity contribution in [3.8, 4) is 17.2 Å². The number of anilines is 1. The van der Waals surface area contributed by atoms with Gasteiger partial charge in [-0.25, -0.2) is 0 Å². The standard InChI is InChI=1S/C21H18N2O5/c1-14-7-3-4-8-18(14)21(24)22-15-11-16(23(25)26)13-17(12-15)28-20-10-6-5-9-19(20)27-2/h3-13H,1-2H3,(H,22,24). The van der Waals surface area contributed by atoms with Gasteiger partial charge in [0, 0.05) is 17.7 Å². The van der Waals surface area contributed by atoms with E-state index in [0.717, 1.165) is 5.56 Å². The first-order valence-electron chi connectivity index (χ1n) is 8.45. The molecular weight excluding hydrogens is 360 g/mol. The molecule has 28 heavy (non-hydrogen) atoms. The number of non-ortho nitro benzene ring substituents is 1. The predicted octanol–water partition coefficient (Wildman–Crippen LogP) is 4.96. The summed E-state index contributed by atoms with van der Waals surface area (Å²) in [6.07, 6.45) is 0. The molecule has 3 rings (SSSR count). The third-order valence-corrected chi connectivity index (χ3v) is 4.05. The van der Waals surface area contributed by atoms with Gasteiger partial charge in [-0.1, -0.05) is 30.3 Å². The van der Waals surface area contributed by atoms with Gasteiger partial charge in [0.15, 0.2) is 11.5 Å². The molecule has 0 aliphatic heterocycles. The molecule has 0 saturated carbocycles. The van der Waals surface area contributed by atoms with Crippen molar-refractivity contribution in [3.63, 3.8) is 0 Å². The number of nitrogens with one attached hydrogen (secondary N) is 1. The normalized spacial score (nSPS) is 10.2. The first kappa shape index (κ1) is 18.9. The van der Waals surface area contributed by atoms with Crippen LogP contribution >= 0.6 is 0 Å². The van der Waals surface area contributed by atoms with Crippen LogP contribution in [0, 0.1) is 17.0 Å². The van der Waals surface area contributed by atoms with Gasteiger partial charge < -0.3 is 14.8 Å². The van der Waals surface area contributed by atoms with Gasteiger partial charge in [0.25, 0.3) is 11.6 Å². The largest absolute Gasteiger partial charge is 0.493 e. The van der Waals surface area contributed by atoms with Crippen LogP contribution < -0.4 is 14.8 Å². The molecule has 0 atom stereocenters. The Labute approximate surface area is 161 Å². The summed E-state index contributed by atoms with van der Waals surface area (Å²) in [6, 6.07) is 18.1. The molecule has 0 saturated heterocycles. The minimum Gasteiger partial charge on any atom is -0.493 e. The number of ether oxygens (including phenoxy) is 2. The summed E-state index contributed by atoms with van der Waals surface area (Å²) < 4.78 is 11.0. The highest BCUT2D eigenvalue weighted by atomic mass is 16.6.